The van der Waals surface area contributed by atoms with Crippen LogP contribution in [0.25, 0.3) is 11.0 Å². The van der Waals surface area contributed by atoms with E-state index in [0.29, 0.717) is 19.8 Å². The molecule has 4 rings (SSSR count). The Kier molecular flexibility index (Phi) is 5.52. The Morgan fingerprint density at radius 1 is 0.828 bits per heavy atom. The van der Waals surface area contributed by atoms with E-state index in [4.69, 9.17) is 14.5 Å². The number of hydrogen-bond acceptors (Lipinski definition) is 3. The van der Waals surface area contributed by atoms with Gasteiger partial charge in [-0.1, -0.05) is 36.4 Å². The molecule has 1 heterocycles. The molecule has 0 atom stereocenters. The lowest BCUT2D eigenvalue weighted by atomic mass is 10.1. The molecule has 0 radical (unpaired) electrons. The second-order valence-electron chi connectivity index (χ2n) is 7.39. The SMILES string of the molecule is Cc1cccc(OCCn2c(COc3cc(C)ccc3C)nc3ccccc32)c1. The van der Waals surface area contributed by atoms with Gasteiger partial charge in [0, 0.05) is 0 Å². The monoisotopic (exact) mass is 386 g/mol. The average molecular weight is 386 g/mol. The summed E-state index contributed by atoms with van der Waals surface area (Å²) in [5.74, 6) is 2.70. The highest BCUT2D eigenvalue weighted by atomic mass is 16.5. The fourth-order valence-corrected chi connectivity index (χ4v) is 3.45. The molecule has 0 spiro atoms. The largest absolute Gasteiger partial charge is 0.492 e. The van der Waals surface area contributed by atoms with Gasteiger partial charge in [-0.15, -0.1) is 0 Å². The van der Waals surface area contributed by atoms with Crippen molar-refractivity contribution >= 4 is 11.0 Å². The lowest BCUT2D eigenvalue weighted by Crippen LogP contribution is -2.13. The highest BCUT2D eigenvalue weighted by Gasteiger charge is 2.12. The molecule has 1 aromatic heterocycles. The zero-order chi connectivity index (χ0) is 20.2. The van der Waals surface area contributed by atoms with E-state index in [-0.39, 0.29) is 0 Å². The van der Waals surface area contributed by atoms with E-state index < -0.39 is 0 Å². The lowest BCUT2D eigenvalue weighted by Gasteiger charge is -2.13. The Morgan fingerprint density at radius 3 is 2.52 bits per heavy atom. The van der Waals surface area contributed by atoms with Gasteiger partial charge in [-0.25, -0.2) is 4.98 Å². The molecule has 0 saturated carbocycles. The summed E-state index contributed by atoms with van der Waals surface area (Å²) in [4.78, 5) is 4.80. The normalized spacial score (nSPS) is 11.0. The van der Waals surface area contributed by atoms with Gasteiger partial charge in [0.15, 0.2) is 0 Å². The van der Waals surface area contributed by atoms with Gasteiger partial charge in [0.2, 0.25) is 0 Å². The molecular weight excluding hydrogens is 360 g/mol. The smallest absolute Gasteiger partial charge is 0.148 e. The zero-order valence-electron chi connectivity index (χ0n) is 17.2. The van der Waals surface area contributed by atoms with Gasteiger partial charge < -0.3 is 14.0 Å². The second-order valence-corrected chi connectivity index (χ2v) is 7.39. The maximum atomic E-state index is 6.13. The number of imidazole rings is 1. The summed E-state index contributed by atoms with van der Waals surface area (Å²) >= 11 is 0. The number of benzene rings is 3. The van der Waals surface area contributed by atoms with Crippen LogP contribution in [-0.4, -0.2) is 16.2 Å². The molecule has 0 aliphatic rings. The lowest BCUT2D eigenvalue weighted by molar-refractivity contribution is 0.271. The predicted molar refractivity (Wildman–Crippen MR) is 117 cm³/mol. The molecular formula is C25H26N2O2. The van der Waals surface area contributed by atoms with Crippen molar-refractivity contribution in [1.29, 1.82) is 0 Å². The van der Waals surface area contributed by atoms with Crippen LogP contribution in [0.5, 0.6) is 11.5 Å². The Morgan fingerprint density at radius 2 is 1.66 bits per heavy atom. The van der Waals surface area contributed by atoms with Gasteiger partial charge in [-0.3, -0.25) is 0 Å². The van der Waals surface area contributed by atoms with Crippen molar-refractivity contribution < 1.29 is 9.47 Å². The third kappa shape index (κ3) is 4.43. The quantitative estimate of drug-likeness (QED) is 0.414. The third-order valence-electron chi connectivity index (χ3n) is 5.01. The van der Waals surface area contributed by atoms with Crippen molar-refractivity contribution in [3.63, 3.8) is 0 Å². The third-order valence-corrected chi connectivity index (χ3v) is 5.01. The topological polar surface area (TPSA) is 36.3 Å². The number of fused-ring (bicyclic) bond motifs is 1. The maximum absolute atomic E-state index is 6.13. The van der Waals surface area contributed by atoms with Crippen molar-refractivity contribution in [1.82, 2.24) is 9.55 Å². The summed E-state index contributed by atoms with van der Waals surface area (Å²) in [5, 5.41) is 0. The van der Waals surface area contributed by atoms with Gasteiger partial charge in [-0.2, -0.15) is 0 Å². The summed E-state index contributed by atoms with van der Waals surface area (Å²) in [6, 6.07) is 22.6. The summed E-state index contributed by atoms with van der Waals surface area (Å²) in [5.41, 5.74) is 5.58. The minimum absolute atomic E-state index is 0.420. The van der Waals surface area contributed by atoms with E-state index in [0.717, 1.165) is 33.9 Å². The van der Waals surface area contributed by atoms with Gasteiger partial charge in [0.05, 0.1) is 17.6 Å². The minimum Gasteiger partial charge on any atom is -0.492 e. The van der Waals surface area contributed by atoms with Crippen LogP contribution in [0.2, 0.25) is 0 Å². The van der Waals surface area contributed by atoms with Crippen LogP contribution in [0.4, 0.5) is 0 Å². The van der Waals surface area contributed by atoms with Crippen LogP contribution in [0.1, 0.15) is 22.5 Å². The van der Waals surface area contributed by atoms with E-state index in [2.05, 4.69) is 61.7 Å². The van der Waals surface area contributed by atoms with Gasteiger partial charge in [-0.05, 0) is 67.8 Å². The first-order valence-electron chi connectivity index (χ1n) is 9.94. The summed E-state index contributed by atoms with van der Waals surface area (Å²) in [6.45, 7) is 7.90. The van der Waals surface area contributed by atoms with Gasteiger partial charge in [0.1, 0.15) is 30.5 Å². The molecule has 148 valence electrons. The molecule has 4 nitrogen and oxygen atoms in total. The Labute approximate surface area is 171 Å². The summed E-state index contributed by atoms with van der Waals surface area (Å²) < 4.78 is 14.3. The second kappa shape index (κ2) is 8.39. The molecule has 0 saturated heterocycles. The molecule has 0 N–H and O–H groups in total. The van der Waals surface area contributed by atoms with Gasteiger partial charge in [0.25, 0.3) is 0 Å². The molecule has 4 aromatic rings. The first-order valence-corrected chi connectivity index (χ1v) is 9.94. The zero-order valence-corrected chi connectivity index (χ0v) is 17.2. The number of para-hydroxylation sites is 2. The van der Waals surface area contributed by atoms with Crippen LogP contribution in [0.15, 0.2) is 66.7 Å². The van der Waals surface area contributed by atoms with Crippen LogP contribution in [0.3, 0.4) is 0 Å². The van der Waals surface area contributed by atoms with Crippen LogP contribution < -0.4 is 9.47 Å². The van der Waals surface area contributed by atoms with E-state index in [1.807, 2.05) is 30.3 Å². The van der Waals surface area contributed by atoms with Crippen molar-refractivity contribution in [2.75, 3.05) is 6.61 Å². The van der Waals surface area contributed by atoms with E-state index in [1.165, 1.54) is 11.1 Å². The molecule has 3 aromatic carbocycles. The summed E-state index contributed by atoms with van der Waals surface area (Å²) in [6.07, 6.45) is 0. The number of ether oxygens (including phenoxy) is 2. The highest BCUT2D eigenvalue weighted by molar-refractivity contribution is 5.75. The van der Waals surface area contributed by atoms with Crippen molar-refractivity contribution in [2.24, 2.45) is 0 Å². The fraction of sp³-hybridized carbons (Fsp3) is 0.240. The maximum Gasteiger partial charge on any atom is 0.148 e. The number of hydrogen-bond donors (Lipinski definition) is 0. The van der Waals surface area contributed by atoms with Crippen molar-refractivity contribution in [3.8, 4) is 11.5 Å². The molecule has 0 fully saturated rings. The van der Waals surface area contributed by atoms with Crippen LogP contribution in [0, 0.1) is 20.8 Å². The standard InChI is InChI=1S/C25H26N2O2/c1-18-7-6-8-21(15-18)28-14-13-27-23-10-5-4-9-22(23)26-25(27)17-29-24-16-19(2)11-12-20(24)3/h4-12,15-16H,13-14,17H2,1-3H3. The molecule has 0 amide bonds. The predicted octanol–water partition coefficient (Wildman–Crippen LogP) is 5.62. The Bertz CT molecular complexity index is 1130. The number of nitrogens with zero attached hydrogens (tertiary/aromatic N) is 2. The van der Waals surface area contributed by atoms with Gasteiger partial charge >= 0.3 is 0 Å². The van der Waals surface area contributed by atoms with Crippen molar-refractivity contribution in [2.45, 2.75) is 33.9 Å². The average Bonchev–Trinajstić information content (AvgIpc) is 3.06. The van der Waals surface area contributed by atoms with Crippen LogP contribution >= 0.6 is 0 Å². The van der Waals surface area contributed by atoms with E-state index in [9.17, 15) is 0 Å². The van der Waals surface area contributed by atoms with Crippen LogP contribution in [-0.2, 0) is 13.2 Å². The molecule has 0 aliphatic carbocycles. The number of rotatable bonds is 7. The first kappa shape index (κ1) is 19.1. The van der Waals surface area contributed by atoms with E-state index >= 15 is 0 Å². The summed E-state index contributed by atoms with van der Waals surface area (Å²) in [7, 11) is 0. The Balaban J connectivity index is 1.53. The first-order chi connectivity index (χ1) is 14.1. The highest BCUT2D eigenvalue weighted by Crippen LogP contribution is 2.22. The van der Waals surface area contributed by atoms with Crippen molar-refractivity contribution in [3.05, 3.63) is 89.2 Å². The molecule has 0 bridgehead atoms. The molecule has 29 heavy (non-hydrogen) atoms. The Hall–Kier alpha value is -3.27. The van der Waals surface area contributed by atoms with E-state index in [1.54, 1.807) is 0 Å². The minimum atomic E-state index is 0.420. The molecule has 0 unspecified atom stereocenters. The molecule has 0 aliphatic heterocycles. The number of aromatic nitrogens is 2. The number of aryl methyl sites for hydroxylation is 3. The fourth-order valence-electron chi connectivity index (χ4n) is 3.45. The molecule has 4 heteroatoms.